The smallest absolute Gasteiger partial charge is 0.257 e. The Morgan fingerprint density at radius 2 is 2.35 bits per heavy atom. The number of hydrogen-bond acceptors (Lipinski definition) is 7. The molecule has 1 saturated heterocycles. The molecule has 0 aliphatic carbocycles. The summed E-state index contributed by atoms with van der Waals surface area (Å²) in [4.78, 5) is 7.66. The highest BCUT2D eigenvalue weighted by Gasteiger charge is 2.30. The summed E-state index contributed by atoms with van der Waals surface area (Å²) >= 11 is 1.59. The lowest BCUT2D eigenvalue weighted by molar-refractivity contribution is -0.0235. The molecule has 1 unspecified atom stereocenters. The lowest BCUT2D eigenvalue weighted by atomic mass is 10.2. The van der Waals surface area contributed by atoms with Crippen molar-refractivity contribution in [2.24, 2.45) is 7.05 Å². The average molecular weight is 331 g/mol. The van der Waals surface area contributed by atoms with Crippen molar-refractivity contribution in [3.63, 3.8) is 0 Å². The summed E-state index contributed by atoms with van der Waals surface area (Å²) in [6.45, 7) is 2.80. The van der Waals surface area contributed by atoms with E-state index in [0.29, 0.717) is 25.0 Å². The highest BCUT2D eigenvalue weighted by Crippen LogP contribution is 2.29. The monoisotopic (exact) mass is 331 g/mol. The first-order chi connectivity index (χ1) is 11.3. The minimum absolute atomic E-state index is 0.0401. The molecule has 0 radical (unpaired) electrons. The molecule has 1 fully saturated rings. The molecular formula is C15H17N5O2S. The van der Waals surface area contributed by atoms with Crippen LogP contribution in [0.5, 0.6) is 0 Å². The summed E-state index contributed by atoms with van der Waals surface area (Å²) in [5, 5.41) is 10.4. The van der Waals surface area contributed by atoms with E-state index in [1.54, 1.807) is 11.3 Å². The van der Waals surface area contributed by atoms with Crippen molar-refractivity contribution >= 4 is 11.3 Å². The van der Waals surface area contributed by atoms with Crippen LogP contribution in [0.3, 0.4) is 0 Å². The summed E-state index contributed by atoms with van der Waals surface area (Å²) in [6.07, 6.45) is 3.76. The molecule has 3 aromatic heterocycles. The van der Waals surface area contributed by atoms with Crippen LogP contribution >= 0.6 is 11.3 Å². The summed E-state index contributed by atoms with van der Waals surface area (Å²) in [5.74, 6) is 2.18. The second-order valence-electron chi connectivity index (χ2n) is 5.44. The van der Waals surface area contributed by atoms with Crippen molar-refractivity contribution in [3.8, 4) is 10.8 Å². The highest BCUT2D eigenvalue weighted by atomic mass is 32.1. The van der Waals surface area contributed by atoms with Gasteiger partial charge < -0.3 is 13.7 Å². The molecule has 8 heteroatoms. The van der Waals surface area contributed by atoms with E-state index in [2.05, 4.69) is 20.1 Å². The zero-order valence-electron chi connectivity index (χ0n) is 12.8. The maximum absolute atomic E-state index is 5.89. The van der Waals surface area contributed by atoms with Crippen LogP contribution < -0.4 is 0 Å². The first kappa shape index (κ1) is 14.6. The van der Waals surface area contributed by atoms with Gasteiger partial charge in [0, 0.05) is 26.0 Å². The largest absolute Gasteiger partial charge is 0.418 e. The standard InChI is InChI=1S/C15H17N5O2S/c1-19-5-4-16-13(19)9-20-6-7-21-10-11(20)14-17-18-15(22-14)12-3-2-8-23-12/h2-5,8,11H,6-7,9-10H2,1H3. The summed E-state index contributed by atoms with van der Waals surface area (Å²) < 4.78 is 13.5. The van der Waals surface area contributed by atoms with Crippen LogP contribution in [-0.4, -0.2) is 44.4 Å². The van der Waals surface area contributed by atoms with Crippen LogP contribution in [0.4, 0.5) is 0 Å². The first-order valence-corrected chi connectivity index (χ1v) is 8.34. The van der Waals surface area contributed by atoms with Crippen LogP contribution in [0, 0.1) is 0 Å². The molecule has 0 spiro atoms. The molecule has 1 atom stereocenters. The Morgan fingerprint density at radius 1 is 1.39 bits per heavy atom. The van der Waals surface area contributed by atoms with Crippen LogP contribution in [0.15, 0.2) is 34.3 Å². The predicted octanol–water partition coefficient (Wildman–Crippen LogP) is 2.11. The normalized spacial score (nSPS) is 19.3. The Balaban J connectivity index is 1.57. The molecule has 4 rings (SSSR count). The third-order valence-corrected chi connectivity index (χ3v) is 4.82. The van der Waals surface area contributed by atoms with Crippen LogP contribution in [0.2, 0.25) is 0 Å². The van der Waals surface area contributed by atoms with Gasteiger partial charge in [0.15, 0.2) is 0 Å². The van der Waals surface area contributed by atoms with Gasteiger partial charge in [-0.2, -0.15) is 0 Å². The van der Waals surface area contributed by atoms with Gasteiger partial charge >= 0.3 is 0 Å². The molecular weight excluding hydrogens is 314 g/mol. The van der Waals surface area contributed by atoms with E-state index in [4.69, 9.17) is 9.15 Å². The molecule has 0 aromatic carbocycles. The summed E-state index contributed by atoms with van der Waals surface area (Å²) in [6, 6.07) is 3.91. The number of ether oxygens (including phenoxy) is 1. The Hall–Kier alpha value is -2.03. The zero-order valence-corrected chi connectivity index (χ0v) is 13.6. The Bertz CT molecular complexity index is 767. The van der Waals surface area contributed by atoms with Crippen molar-refractivity contribution in [3.05, 3.63) is 41.6 Å². The van der Waals surface area contributed by atoms with E-state index in [0.717, 1.165) is 23.8 Å². The van der Waals surface area contributed by atoms with E-state index in [1.807, 2.05) is 41.5 Å². The number of aryl methyl sites for hydroxylation is 1. The van der Waals surface area contributed by atoms with E-state index < -0.39 is 0 Å². The number of hydrogen-bond donors (Lipinski definition) is 0. The van der Waals surface area contributed by atoms with Gasteiger partial charge in [0.2, 0.25) is 5.89 Å². The molecule has 0 N–H and O–H groups in total. The number of morpholine rings is 1. The third-order valence-electron chi connectivity index (χ3n) is 3.96. The van der Waals surface area contributed by atoms with Crippen molar-refractivity contribution in [2.75, 3.05) is 19.8 Å². The van der Waals surface area contributed by atoms with Crippen molar-refractivity contribution in [1.29, 1.82) is 0 Å². The van der Waals surface area contributed by atoms with Crippen LogP contribution in [0.1, 0.15) is 17.8 Å². The number of aromatic nitrogens is 4. The fourth-order valence-corrected chi connectivity index (χ4v) is 3.30. The van der Waals surface area contributed by atoms with Crippen LogP contribution in [-0.2, 0) is 18.3 Å². The molecule has 23 heavy (non-hydrogen) atoms. The van der Waals surface area contributed by atoms with Crippen molar-refractivity contribution in [2.45, 2.75) is 12.6 Å². The molecule has 1 aliphatic heterocycles. The molecule has 1 aliphatic rings. The number of nitrogens with zero attached hydrogens (tertiary/aromatic N) is 5. The number of imidazole rings is 1. The van der Waals surface area contributed by atoms with Gasteiger partial charge in [-0.25, -0.2) is 4.98 Å². The van der Waals surface area contributed by atoms with Crippen molar-refractivity contribution < 1.29 is 9.15 Å². The van der Waals surface area contributed by atoms with Gasteiger partial charge in [0.05, 0.1) is 24.6 Å². The van der Waals surface area contributed by atoms with Gasteiger partial charge in [-0.15, -0.1) is 21.5 Å². The average Bonchev–Trinajstić information content (AvgIpc) is 3.30. The maximum atomic E-state index is 5.89. The van der Waals surface area contributed by atoms with E-state index in [1.165, 1.54) is 0 Å². The lowest BCUT2D eigenvalue weighted by Crippen LogP contribution is -2.39. The van der Waals surface area contributed by atoms with Gasteiger partial charge in [-0.3, -0.25) is 4.90 Å². The molecule has 7 nitrogen and oxygen atoms in total. The van der Waals surface area contributed by atoms with Crippen LogP contribution in [0.25, 0.3) is 10.8 Å². The molecule has 0 saturated carbocycles. The Labute approximate surface area is 137 Å². The molecule has 0 bridgehead atoms. The SMILES string of the molecule is Cn1ccnc1CN1CCOCC1c1nnc(-c2cccs2)o1. The zero-order chi connectivity index (χ0) is 15.6. The number of thiophene rings is 1. The van der Waals surface area contributed by atoms with E-state index >= 15 is 0 Å². The second kappa shape index (κ2) is 6.23. The Morgan fingerprint density at radius 3 is 3.13 bits per heavy atom. The minimum Gasteiger partial charge on any atom is -0.418 e. The van der Waals surface area contributed by atoms with Gasteiger partial charge in [0.1, 0.15) is 11.9 Å². The summed E-state index contributed by atoms with van der Waals surface area (Å²) in [7, 11) is 2.00. The lowest BCUT2D eigenvalue weighted by Gasteiger charge is -2.32. The van der Waals surface area contributed by atoms with Gasteiger partial charge in [-0.05, 0) is 11.4 Å². The third kappa shape index (κ3) is 2.92. The first-order valence-electron chi connectivity index (χ1n) is 7.46. The Kier molecular flexibility index (Phi) is 3.94. The molecule has 4 heterocycles. The molecule has 0 amide bonds. The molecule has 120 valence electrons. The van der Waals surface area contributed by atoms with E-state index in [-0.39, 0.29) is 6.04 Å². The van der Waals surface area contributed by atoms with Gasteiger partial charge in [-0.1, -0.05) is 6.07 Å². The topological polar surface area (TPSA) is 69.2 Å². The minimum atomic E-state index is -0.0401. The highest BCUT2D eigenvalue weighted by molar-refractivity contribution is 7.13. The predicted molar refractivity (Wildman–Crippen MR) is 84.8 cm³/mol. The fraction of sp³-hybridized carbons (Fsp3) is 0.400. The van der Waals surface area contributed by atoms with Crippen molar-refractivity contribution in [1.82, 2.24) is 24.6 Å². The second-order valence-corrected chi connectivity index (χ2v) is 6.39. The summed E-state index contributed by atoms with van der Waals surface area (Å²) in [5.41, 5.74) is 0. The quantitative estimate of drug-likeness (QED) is 0.729. The van der Waals surface area contributed by atoms with E-state index in [9.17, 15) is 0 Å². The maximum Gasteiger partial charge on any atom is 0.257 e. The number of rotatable bonds is 4. The fourth-order valence-electron chi connectivity index (χ4n) is 2.65. The van der Waals surface area contributed by atoms with Gasteiger partial charge in [0.25, 0.3) is 5.89 Å². The molecule has 3 aromatic rings.